The van der Waals surface area contributed by atoms with E-state index in [1.807, 2.05) is 47.8 Å². The molecule has 3 aromatic rings. The zero-order valence-corrected chi connectivity index (χ0v) is 17.4. The van der Waals surface area contributed by atoms with Crippen LogP contribution in [0.4, 0.5) is 5.13 Å². The van der Waals surface area contributed by atoms with Gasteiger partial charge >= 0.3 is 0 Å². The van der Waals surface area contributed by atoms with E-state index in [2.05, 4.69) is 15.5 Å². The highest BCUT2D eigenvalue weighted by molar-refractivity contribution is 8.93. The summed E-state index contributed by atoms with van der Waals surface area (Å²) in [5.74, 6) is 1.34. The number of anilines is 1. The molecular weight excluding hydrogens is 438 g/mol. The van der Waals surface area contributed by atoms with Gasteiger partial charge in [-0.15, -0.1) is 28.3 Å². The molecule has 0 saturated heterocycles. The molecule has 1 aromatic heterocycles. The van der Waals surface area contributed by atoms with Gasteiger partial charge < -0.3 is 9.47 Å². The minimum Gasteiger partial charge on any atom is -0.493 e. The maximum Gasteiger partial charge on any atom is 0.203 e. The standard InChI is InChI=1S/C18H16ClN3O2S.BrH/c1-23-16-8-3-12(9-17(16)24-2)10-20-22-18-21-15(11-25-18)13-4-6-14(19)7-5-13;/h3-11H,1-2H3,(H,21,22);1H. The van der Waals surface area contributed by atoms with Crippen molar-refractivity contribution in [2.45, 2.75) is 0 Å². The third-order valence-electron chi connectivity index (χ3n) is 3.43. The SMILES string of the molecule is Br.COc1ccc(C=NNc2nc(-c3ccc(Cl)cc3)cs2)cc1OC. The molecule has 8 heteroatoms. The number of hydrazone groups is 1. The van der Waals surface area contributed by atoms with Gasteiger partial charge in [0.15, 0.2) is 11.5 Å². The van der Waals surface area contributed by atoms with Crippen LogP contribution in [0.15, 0.2) is 52.9 Å². The summed E-state index contributed by atoms with van der Waals surface area (Å²) in [6.45, 7) is 0. The van der Waals surface area contributed by atoms with Crippen molar-refractivity contribution in [1.82, 2.24) is 4.98 Å². The van der Waals surface area contributed by atoms with Crippen molar-refractivity contribution in [2.24, 2.45) is 5.10 Å². The molecule has 0 amide bonds. The number of thiazole rings is 1. The van der Waals surface area contributed by atoms with Gasteiger partial charge in [-0.05, 0) is 35.9 Å². The number of nitrogens with one attached hydrogen (secondary N) is 1. The summed E-state index contributed by atoms with van der Waals surface area (Å²) < 4.78 is 10.5. The minimum atomic E-state index is 0. The first kappa shape index (κ1) is 20.2. The highest BCUT2D eigenvalue weighted by Crippen LogP contribution is 2.27. The second-order valence-electron chi connectivity index (χ2n) is 5.03. The van der Waals surface area contributed by atoms with Crippen molar-refractivity contribution in [3.63, 3.8) is 0 Å². The number of hydrogen-bond donors (Lipinski definition) is 1. The monoisotopic (exact) mass is 453 g/mol. The summed E-state index contributed by atoms with van der Waals surface area (Å²) in [5, 5.41) is 7.60. The molecule has 1 heterocycles. The van der Waals surface area contributed by atoms with Gasteiger partial charge in [0.25, 0.3) is 0 Å². The lowest BCUT2D eigenvalue weighted by Crippen LogP contribution is -1.93. The van der Waals surface area contributed by atoms with E-state index in [0.29, 0.717) is 21.7 Å². The zero-order valence-electron chi connectivity index (χ0n) is 14.1. The van der Waals surface area contributed by atoms with Gasteiger partial charge in [-0.25, -0.2) is 4.98 Å². The maximum atomic E-state index is 5.91. The molecule has 0 saturated carbocycles. The molecule has 0 spiro atoms. The van der Waals surface area contributed by atoms with E-state index in [4.69, 9.17) is 21.1 Å². The van der Waals surface area contributed by atoms with E-state index in [9.17, 15) is 0 Å². The summed E-state index contributed by atoms with van der Waals surface area (Å²) >= 11 is 7.39. The number of aromatic nitrogens is 1. The second kappa shape index (κ2) is 9.56. The van der Waals surface area contributed by atoms with E-state index in [1.165, 1.54) is 11.3 Å². The number of hydrogen-bond acceptors (Lipinski definition) is 6. The Kier molecular flexibility index (Phi) is 7.44. The number of halogens is 2. The van der Waals surface area contributed by atoms with E-state index in [1.54, 1.807) is 20.4 Å². The van der Waals surface area contributed by atoms with Crippen LogP contribution in [0.1, 0.15) is 5.56 Å². The van der Waals surface area contributed by atoms with Crippen LogP contribution in [-0.4, -0.2) is 25.4 Å². The van der Waals surface area contributed by atoms with Crippen molar-refractivity contribution >= 4 is 51.3 Å². The normalized spacial score (nSPS) is 10.4. The first-order valence-corrected chi connectivity index (χ1v) is 8.68. The molecule has 1 N–H and O–H groups in total. The molecule has 0 unspecified atom stereocenters. The molecule has 26 heavy (non-hydrogen) atoms. The van der Waals surface area contributed by atoms with Gasteiger partial charge in [0, 0.05) is 16.0 Å². The molecule has 136 valence electrons. The Labute approximate surface area is 171 Å². The maximum absolute atomic E-state index is 5.91. The summed E-state index contributed by atoms with van der Waals surface area (Å²) in [4.78, 5) is 4.51. The average molecular weight is 455 g/mol. The first-order chi connectivity index (χ1) is 12.2. The first-order valence-electron chi connectivity index (χ1n) is 7.42. The molecule has 3 rings (SSSR count). The Hall–Kier alpha value is -2.09. The predicted molar refractivity (Wildman–Crippen MR) is 114 cm³/mol. The van der Waals surface area contributed by atoms with Crippen LogP contribution in [0.3, 0.4) is 0 Å². The average Bonchev–Trinajstić information content (AvgIpc) is 3.11. The summed E-state index contributed by atoms with van der Waals surface area (Å²) in [7, 11) is 3.21. The van der Waals surface area contributed by atoms with Crippen LogP contribution in [0, 0.1) is 0 Å². The Morgan fingerprint density at radius 2 is 1.81 bits per heavy atom. The van der Waals surface area contributed by atoms with Crippen LogP contribution in [0.2, 0.25) is 5.02 Å². The lowest BCUT2D eigenvalue weighted by Gasteiger charge is -2.07. The lowest BCUT2D eigenvalue weighted by atomic mass is 10.2. The number of methoxy groups -OCH3 is 2. The Morgan fingerprint density at radius 1 is 1.08 bits per heavy atom. The van der Waals surface area contributed by atoms with Crippen LogP contribution >= 0.6 is 39.9 Å². The fourth-order valence-corrected chi connectivity index (χ4v) is 2.97. The highest BCUT2D eigenvalue weighted by atomic mass is 79.9. The third kappa shape index (κ3) is 4.97. The molecule has 0 bridgehead atoms. The van der Waals surface area contributed by atoms with E-state index < -0.39 is 0 Å². The van der Waals surface area contributed by atoms with Crippen LogP contribution < -0.4 is 14.9 Å². The van der Waals surface area contributed by atoms with Gasteiger partial charge in [-0.2, -0.15) is 5.10 Å². The second-order valence-corrected chi connectivity index (χ2v) is 6.32. The van der Waals surface area contributed by atoms with Crippen molar-refractivity contribution in [1.29, 1.82) is 0 Å². The number of nitrogens with zero attached hydrogens (tertiary/aromatic N) is 2. The van der Waals surface area contributed by atoms with Crippen molar-refractivity contribution in [3.8, 4) is 22.8 Å². The summed E-state index contributed by atoms with van der Waals surface area (Å²) in [6.07, 6.45) is 1.70. The molecule has 2 aromatic carbocycles. The van der Waals surface area contributed by atoms with Gasteiger partial charge in [0.05, 0.1) is 26.1 Å². The van der Waals surface area contributed by atoms with Crippen molar-refractivity contribution in [3.05, 3.63) is 58.4 Å². The Bertz CT molecular complexity index is 884. The van der Waals surface area contributed by atoms with Crippen molar-refractivity contribution in [2.75, 3.05) is 19.6 Å². The molecule has 0 atom stereocenters. The van der Waals surface area contributed by atoms with E-state index in [0.717, 1.165) is 16.8 Å². The molecule has 0 fully saturated rings. The number of benzene rings is 2. The molecule has 0 aliphatic carbocycles. The quantitative estimate of drug-likeness (QED) is 0.394. The topological polar surface area (TPSA) is 55.7 Å². The number of rotatable bonds is 6. The Balaban J connectivity index is 0.00000243. The van der Waals surface area contributed by atoms with Gasteiger partial charge in [0.2, 0.25) is 5.13 Å². The predicted octanol–water partition coefficient (Wildman–Crippen LogP) is 5.50. The molecule has 0 aliphatic rings. The zero-order chi connectivity index (χ0) is 17.6. The van der Waals surface area contributed by atoms with Crippen LogP contribution in [0.25, 0.3) is 11.3 Å². The summed E-state index contributed by atoms with van der Waals surface area (Å²) in [6, 6.07) is 13.2. The molecular formula is C18H17BrClN3O2S. The van der Waals surface area contributed by atoms with Gasteiger partial charge in [-0.3, -0.25) is 5.43 Å². The lowest BCUT2D eigenvalue weighted by molar-refractivity contribution is 0.355. The largest absolute Gasteiger partial charge is 0.493 e. The third-order valence-corrected chi connectivity index (χ3v) is 4.42. The fraction of sp³-hybridized carbons (Fsp3) is 0.111. The highest BCUT2D eigenvalue weighted by Gasteiger charge is 2.05. The smallest absolute Gasteiger partial charge is 0.203 e. The van der Waals surface area contributed by atoms with Crippen LogP contribution in [0.5, 0.6) is 11.5 Å². The van der Waals surface area contributed by atoms with Crippen LogP contribution in [-0.2, 0) is 0 Å². The Morgan fingerprint density at radius 3 is 2.50 bits per heavy atom. The van der Waals surface area contributed by atoms with Gasteiger partial charge in [0.1, 0.15) is 0 Å². The van der Waals surface area contributed by atoms with E-state index in [-0.39, 0.29) is 17.0 Å². The summed E-state index contributed by atoms with van der Waals surface area (Å²) in [5.41, 5.74) is 5.72. The number of ether oxygens (including phenoxy) is 2. The van der Waals surface area contributed by atoms with E-state index >= 15 is 0 Å². The van der Waals surface area contributed by atoms with Crippen molar-refractivity contribution < 1.29 is 9.47 Å². The molecule has 0 radical (unpaired) electrons. The van der Waals surface area contributed by atoms with Gasteiger partial charge in [-0.1, -0.05) is 23.7 Å². The fourth-order valence-electron chi connectivity index (χ4n) is 2.17. The minimum absolute atomic E-state index is 0. The molecule has 0 aliphatic heterocycles. The molecule has 5 nitrogen and oxygen atoms in total.